The third-order valence-corrected chi connectivity index (χ3v) is 4.55. The first-order chi connectivity index (χ1) is 9.15. The molecular weight excluding hydrogens is 234 g/mol. The summed E-state index contributed by atoms with van der Waals surface area (Å²) < 4.78 is 0. The Morgan fingerprint density at radius 3 is 2.37 bits per heavy atom. The molecule has 1 aliphatic rings. The standard InChI is InChI=1S/C16H27N3/c1-4-13-7-8-14(10-13)16-18-11(2)15(6-5-9-17)12(3)19-16/h13-14H,4-10,17H2,1-3H3. The van der Waals surface area contributed by atoms with Crippen LogP contribution in [0.5, 0.6) is 0 Å². The van der Waals surface area contributed by atoms with Gasteiger partial charge in [0.25, 0.3) is 0 Å². The molecule has 2 N–H and O–H groups in total. The van der Waals surface area contributed by atoms with Gasteiger partial charge in [-0.05, 0) is 64.0 Å². The van der Waals surface area contributed by atoms with E-state index < -0.39 is 0 Å². The summed E-state index contributed by atoms with van der Waals surface area (Å²) in [6.45, 7) is 7.27. The third-order valence-electron chi connectivity index (χ3n) is 4.55. The average molecular weight is 261 g/mol. The lowest BCUT2D eigenvalue weighted by Gasteiger charge is -2.14. The molecule has 0 aliphatic heterocycles. The molecular formula is C16H27N3. The Morgan fingerprint density at radius 2 is 1.84 bits per heavy atom. The van der Waals surface area contributed by atoms with Crippen molar-refractivity contribution in [2.45, 2.75) is 65.2 Å². The summed E-state index contributed by atoms with van der Waals surface area (Å²) >= 11 is 0. The summed E-state index contributed by atoms with van der Waals surface area (Å²) in [5.74, 6) is 2.56. The molecule has 0 aromatic carbocycles. The Hall–Kier alpha value is -0.960. The van der Waals surface area contributed by atoms with Gasteiger partial charge >= 0.3 is 0 Å². The molecule has 0 spiro atoms. The molecule has 3 nitrogen and oxygen atoms in total. The number of hydrogen-bond acceptors (Lipinski definition) is 3. The first kappa shape index (κ1) is 14.4. The number of nitrogens with zero attached hydrogens (tertiary/aromatic N) is 2. The molecule has 1 aromatic rings. The summed E-state index contributed by atoms with van der Waals surface area (Å²) in [4.78, 5) is 9.57. The van der Waals surface area contributed by atoms with Crippen molar-refractivity contribution in [1.29, 1.82) is 0 Å². The number of nitrogens with two attached hydrogens (primary N) is 1. The van der Waals surface area contributed by atoms with Crippen molar-refractivity contribution in [2.24, 2.45) is 11.7 Å². The van der Waals surface area contributed by atoms with Crippen LogP contribution in [0.3, 0.4) is 0 Å². The minimum absolute atomic E-state index is 0.589. The second-order valence-electron chi connectivity index (χ2n) is 5.91. The van der Waals surface area contributed by atoms with Gasteiger partial charge in [-0.2, -0.15) is 0 Å². The van der Waals surface area contributed by atoms with E-state index in [0.29, 0.717) is 5.92 Å². The van der Waals surface area contributed by atoms with E-state index in [-0.39, 0.29) is 0 Å². The van der Waals surface area contributed by atoms with Crippen molar-refractivity contribution in [1.82, 2.24) is 9.97 Å². The van der Waals surface area contributed by atoms with E-state index in [1.165, 1.54) is 31.2 Å². The van der Waals surface area contributed by atoms with Crippen LogP contribution in [0.2, 0.25) is 0 Å². The minimum Gasteiger partial charge on any atom is -0.330 e. The highest BCUT2D eigenvalue weighted by Gasteiger charge is 2.27. The van der Waals surface area contributed by atoms with Crippen molar-refractivity contribution in [3.8, 4) is 0 Å². The summed E-state index contributed by atoms with van der Waals surface area (Å²) in [7, 11) is 0. The van der Waals surface area contributed by atoms with Gasteiger partial charge < -0.3 is 5.73 Å². The normalized spacial score (nSPS) is 22.9. The van der Waals surface area contributed by atoms with Crippen LogP contribution in [0, 0.1) is 19.8 Å². The minimum atomic E-state index is 0.589. The SMILES string of the molecule is CCC1CCC(c2nc(C)c(CCCN)c(C)n2)C1. The van der Waals surface area contributed by atoms with Crippen molar-refractivity contribution >= 4 is 0 Å². The fraction of sp³-hybridized carbons (Fsp3) is 0.750. The van der Waals surface area contributed by atoms with Crippen LogP contribution in [0.25, 0.3) is 0 Å². The summed E-state index contributed by atoms with van der Waals surface area (Å²) in [5.41, 5.74) is 9.23. The zero-order valence-corrected chi connectivity index (χ0v) is 12.6. The number of hydrogen-bond donors (Lipinski definition) is 1. The topological polar surface area (TPSA) is 51.8 Å². The molecule has 0 saturated heterocycles. The fourth-order valence-electron chi connectivity index (χ4n) is 3.27. The predicted octanol–water partition coefficient (Wildman–Crippen LogP) is 3.28. The van der Waals surface area contributed by atoms with Gasteiger partial charge in [0.2, 0.25) is 0 Å². The third kappa shape index (κ3) is 3.33. The maximum Gasteiger partial charge on any atom is 0.131 e. The largest absolute Gasteiger partial charge is 0.330 e. The molecule has 1 aromatic heterocycles. The second kappa shape index (κ2) is 6.47. The van der Waals surface area contributed by atoms with Crippen LogP contribution in [0.4, 0.5) is 0 Å². The molecule has 1 fully saturated rings. The molecule has 2 atom stereocenters. The Balaban J connectivity index is 2.15. The number of rotatable bonds is 5. The number of aryl methyl sites for hydroxylation is 2. The van der Waals surface area contributed by atoms with Crippen molar-refractivity contribution in [2.75, 3.05) is 6.54 Å². The van der Waals surface area contributed by atoms with E-state index in [4.69, 9.17) is 15.7 Å². The van der Waals surface area contributed by atoms with Crippen LogP contribution in [0.1, 0.15) is 67.7 Å². The second-order valence-corrected chi connectivity index (χ2v) is 5.91. The van der Waals surface area contributed by atoms with Crippen LogP contribution >= 0.6 is 0 Å². The van der Waals surface area contributed by atoms with Gasteiger partial charge in [-0.15, -0.1) is 0 Å². The summed E-state index contributed by atoms with van der Waals surface area (Å²) in [6.07, 6.45) is 7.21. The molecule has 0 radical (unpaired) electrons. The Morgan fingerprint density at radius 1 is 1.16 bits per heavy atom. The van der Waals surface area contributed by atoms with Crippen LogP contribution in [-0.4, -0.2) is 16.5 Å². The molecule has 0 amide bonds. The van der Waals surface area contributed by atoms with Gasteiger partial charge in [-0.1, -0.05) is 13.3 Å². The van der Waals surface area contributed by atoms with E-state index in [1.807, 2.05) is 0 Å². The van der Waals surface area contributed by atoms with Crippen molar-refractivity contribution < 1.29 is 0 Å². The Bertz CT molecular complexity index is 405. The highest BCUT2D eigenvalue weighted by Crippen LogP contribution is 2.38. The first-order valence-electron chi connectivity index (χ1n) is 7.69. The molecule has 1 aliphatic carbocycles. The smallest absolute Gasteiger partial charge is 0.131 e. The van der Waals surface area contributed by atoms with Gasteiger partial charge in [0.1, 0.15) is 5.82 Å². The van der Waals surface area contributed by atoms with E-state index in [2.05, 4.69) is 20.8 Å². The molecule has 2 rings (SSSR count). The Labute approximate surface area is 117 Å². The maximum absolute atomic E-state index is 5.60. The quantitative estimate of drug-likeness (QED) is 0.885. The van der Waals surface area contributed by atoms with E-state index in [0.717, 1.165) is 42.5 Å². The first-order valence-corrected chi connectivity index (χ1v) is 7.69. The average Bonchev–Trinajstić information content (AvgIpc) is 2.86. The lowest BCUT2D eigenvalue weighted by atomic mass is 10.0. The lowest BCUT2D eigenvalue weighted by molar-refractivity contribution is 0.516. The fourth-order valence-corrected chi connectivity index (χ4v) is 3.27. The van der Waals surface area contributed by atoms with Gasteiger partial charge in [0.05, 0.1) is 0 Å². The van der Waals surface area contributed by atoms with Gasteiger partial charge in [-0.25, -0.2) is 9.97 Å². The van der Waals surface area contributed by atoms with Crippen LogP contribution in [0.15, 0.2) is 0 Å². The monoisotopic (exact) mass is 261 g/mol. The summed E-state index contributed by atoms with van der Waals surface area (Å²) in [6, 6.07) is 0. The predicted molar refractivity (Wildman–Crippen MR) is 79.3 cm³/mol. The van der Waals surface area contributed by atoms with E-state index in [1.54, 1.807) is 0 Å². The van der Waals surface area contributed by atoms with Crippen LogP contribution in [-0.2, 0) is 6.42 Å². The van der Waals surface area contributed by atoms with Gasteiger partial charge in [0.15, 0.2) is 0 Å². The molecule has 19 heavy (non-hydrogen) atoms. The molecule has 2 unspecified atom stereocenters. The molecule has 1 heterocycles. The van der Waals surface area contributed by atoms with Crippen molar-refractivity contribution in [3.63, 3.8) is 0 Å². The highest BCUT2D eigenvalue weighted by molar-refractivity contribution is 5.25. The Kier molecular flexibility index (Phi) is 4.92. The highest BCUT2D eigenvalue weighted by atomic mass is 14.9. The van der Waals surface area contributed by atoms with E-state index >= 15 is 0 Å². The van der Waals surface area contributed by atoms with Gasteiger partial charge in [0, 0.05) is 17.3 Å². The van der Waals surface area contributed by atoms with Gasteiger partial charge in [-0.3, -0.25) is 0 Å². The van der Waals surface area contributed by atoms with Crippen molar-refractivity contribution in [3.05, 3.63) is 22.8 Å². The van der Waals surface area contributed by atoms with Crippen LogP contribution < -0.4 is 5.73 Å². The molecule has 0 bridgehead atoms. The molecule has 1 saturated carbocycles. The number of aromatic nitrogens is 2. The summed E-state index contributed by atoms with van der Waals surface area (Å²) in [5, 5.41) is 0. The zero-order valence-electron chi connectivity index (χ0n) is 12.6. The molecule has 106 valence electrons. The zero-order chi connectivity index (χ0) is 13.8. The lowest BCUT2D eigenvalue weighted by Crippen LogP contribution is -2.10. The van der Waals surface area contributed by atoms with E-state index in [9.17, 15) is 0 Å². The maximum atomic E-state index is 5.60. The molecule has 3 heteroatoms.